The Kier molecular flexibility index (Phi) is 4.22. The maximum Gasteiger partial charge on any atom is 0.146 e. The number of nitrogens with zero attached hydrogens (tertiary/aromatic N) is 2. The van der Waals surface area contributed by atoms with Crippen LogP contribution in [0, 0.1) is 10.5 Å². The molecule has 88 valence electrons. The molecule has 17 heavy (non-hydrogen) atoms. The van der Waals surface area contributed by atoms with Crippen LogP contribution >= 0.6 is 45.8 Å². The molecule has 0 aliphatic rings. The Morgan fingerprint density at radius 1 is 1.18 bits per heavy atom. The SMILES string of the molecule is Cc1nc(Cc2ccccc2Cl)nc(Cl)c1I. The van der Waals surface area contributed by atoms with Crippen LogP contribution in [0.15, 0.2) is 24.3 Å². The molecule has 2 aromatic rings. The van der Waals surface area contributed by atoms with Crippen LogP contribution in [-0.2, 0) is 6.42 Å². The summed E-state index contributed by atoms with van der Waals surface area (Å²) in [4.78, 5) is 8.67. The maximum atomic E-state index is 6.09. The van der Waals surface area contributed by atoms with Gasteiger partial charge in [-0.2, -0.15) is 0 Å². The zero-order valence-electron chi connectivity index (χ0n) is 9.04. The van der Waals surface area contributed by atoms with Crippen molar-refractivity contribution < 1.29 is 0 Å². The van der Waals surface area contributed by atoms with Crippen LogP contribution in [0.4, 0.5) is 0 Å². The number of halogens is 3. The molecule has 0 aliphatic heterocycles. The van der Waals surface area contributed by atoms with E-state index in [1.165, 1.54) is 0 Å². The molecule has 2 nitrogen and oxygen atoms in total. The van der Waals surface area contributed by atoms with Gasteiger partial charge >= 0.3 is 0 Å². The Bertz CT molecular complexity index is 535. The minimum absolute atomic E-state index is 0.500. The summed E-state index contributed by atoms with van der Waals surface area (Å²) in [6.45, 7) is 1.92. The van der Waals surface area contributed by atoms with E-state index in [1.807, 2.05) is 31.2 Å². The van der Waals surface area contributed by atoms with Crippen molar-refractivity contribution in [1.82, 2.24) is 9.97 Å². The van der Waals surface area contributed by atoms with Crippen molar-refractivity contribution in [2.45, 2.75) is 13.3 Å². The highest BCUT2D eigenvalue weighted by molar-refractivity contribution is 14.1. The van der Waals surface area contributed by atoms with Crippen molar-refractivity contribution in [3.63, 3.8) is 0 Å². The first-order chi connectivity index (χ1) is 8.08. The predicted molar refractivity (Wildman–Crippen MR) is 78.8 cm³/mol. The third-order valence-electron chi connectivity index (χ3n) is 2.33. The van der Waals surface area contributed by atoms with Crippen LogP contribution in [-0.4, -0.2) is 9.97 Å². The number of rotatable bonds is 2. The van der Waals surface area contributed by atoms with Gasteiger partial charge in [-0.3, -0.25) is 0 Å². The van der Waals surface area contributed by atoms with Gasteiger partial charge in [-0.1, -0.05) is 41.4 Å². The van der Waals surface area contributed by atoms with Gasteiger partial charge in [0.1, 0.15) is 11.0 Å². The Morgan fingerprint density at radius 3 is 2.53 bits per heavy atom. The lowest BCUT2D eigenvalue weighted by molar-refractivity contribution is 0.934. The molecule has 0 radical (unpaired) electrons. The van der Waals surface area contributed by atoms with E-state index in [9.17, 15) is 0 Å². The molecule has 0 fully saturated rings. The molecular weight excluding hydrogens is 370 g/mol. The van der Waals surface area contributed by atoms with Gasteiger partial charge in [0.15, 0.2) is 0 Å². The molecule has 0 unspecified atom stereocenters. The van der Waals surface area contributed by atoms with Crippen LogP contribution in [0.5, 0.6) is 0 Å². The topological polar surface area (TPSA) is 25.8 Å². The fourth-order valence-corrected chi connectivity index (χ4v) is 2.15. The number of hydrogen-bond acceptors (Lipinski definition) is 2. The molecule has 5 heteroatoms. The van der Waals surface area contributed by atoms with E-state index >= 15 is 0 Å². The quantitative estimate of drug-likeness (QED) is 0.575. The third kappa shape index (κ3) is 3.09. The molecule has 1 aromatic carbocycles. The zero-order chi connectivity index (χ0) is 12.4. The highest BCUT2D eigenvalue weighted by Crippen LogP contribution is 2.21. The van der Waals surface area contributed by atoms with Gasteiger partial charge in [-0.05, 0) is 41.1 Å². The highest BCUT2D eigenvalue weighted by atomic mass is 127. The fourth-order valence-electron chi connectivity index (χ4n) is 1.47. The molecule has 0 N–H and O–H groups in total. The van der Waals surface area contributed by atoms with Gasteiger partial charge in [0.05, 0.1) is 9.26 Å². The van der Waals surface area contributed by atoms with Crippen molar-refractivity contribution in [3.05, 3.63) is 55.1 Å². The van der Waals surface area contributed by atoms with Gasteiger partial charge in [0.25, 0.3) is 0 Å². The lowest BCUT2D eigenvalue weighted by atomic mass is 10.1. The summed E-state index contributed by atoms with van der Waals surface area (Å²) in [5, 5.41) is 1.23. The van der Waals surface area contributed by atoms with Crippen LogP contribution in [0.1, 0.15) is 17.1 Å². The summed E-state index contributed by atoms with van der Waals surface area (Å²) in [7, 11) is 0. The molecule has 0 spiro atoms. The summed E-state index contributed by atoms with van der Waals surface area (Å²) in [5.74, 6) is 0.695. The van der Waals surface area contributed by atoms with Crippen molar-refractivity contribution in [2.24, 2.45) is 0 Å². The summed E-state index contributed by atoms with van der Waals surface area (Å²) in [6, 6.07) is 7.67. The highest BCUT2D eigenvalue weighted by Gasteiger charge is 2.09. The van der Waals surface area contributed by atoms with E-state index in [0.717, 1.165) is 19.9 Å². The zero-order valence-corrected chi connectivity index (χ0v) is 12.7. The first-order valence-corrected chi connectivity index (χ1v) is 6.83. The lowest BCUT2D eigenvalue weighted by Gasteiger charge is -2.06. The Morgan fingerprint density at radius 2 is 1.88 bits per heavy atom. The normalized spacial score (nSPS) is 10.6. The molecule has 2 rings (SSSR count). The number of aromatic nitrogens is 2. The minimum Gasteiger partial charge on any atom is -0.237 e. The van der Waals surface area contributed by atoms with Gasteiger partial charge in [-0.25, -0.2) is 9.97 Å². The summed E-state index contributed by atoms with van der Waals surface area (Å²) in [5.41, 5.74) is 1.90. The van der Waals surface area contributed by atoms with Crippen molar-refractivity contribution in [3.8, 4) is 0 Å². The molecule has 0 aliphatic carbocycles. The minimum atomic E-state index is 0.500. The van der Waals surface area contributed by atoms with Crippen molar-refractivity contribution in [2.75, 3.05) is 0 Å². The van der Waals surface area contributed by atoms with Crippen molar-refractivity contribution in [1.29, 1.82) is 0 Å². The second-order valence-electron chi connectivity index (χ2n) is 3.60. The van der Waals surface area contributed by atoms with E-state index in [-0.39, 0.29) is 0 Å². The standard InChI is InChI=1S/C12H9Cl2IN2/c1-7-11(15)12(14)17-10(16-7)6-8-4-2-3-5-9(8)13/h2-5H,6H2,1H3. The molecule has 0 saturated heterocycles. The van der Waals surface area contributed by atoms with Crippen molar-refractivity contribution >= 4 is 45.8 Å². The number of aryl methyl sites for hydroxylation is 1. The first kappa shape index (κ1) is 13.1. The van der Waals surface area contributed by atoms with E-state index in [2.05, 4.69) is 32.6 Å². The van der Waals surface area contributed by atoms with E-state index < -0.39 is 0 Å². The van der Waals surface area contributed by atoms with Crippen LogP contribution in [0.25, 0.3) is 0 Å². The molecule has 0 amide bonds. The van der Waals surface area contributed by atoms with E-state index in [1.54, 1.807) is 0 Å². The van der Waals surface area contributed by atoms with Crippen LogP contribution in [0.2, 0.25) is 10.2 Å². The van der Waals surface area contributed by atoms with Crippen LogP contribution < -0.4 is 0 Å². The fraction of sp³-hybridized carbons (Fsp3) is 0.167. The number of benzene rings is 1. The molecule has 1 heterocycles. The van der Waals surface area contributed by atoms with Crippen LogP contribution in [0.3, 0.4) is 0 Å². The average molecular weight is 379 g/mol. The summed E-state index contributed by atoms with van der Waals surface area (Å²) >= 11 is 14.3. The predicted octanol–water partition coefficient (Wildman–Crippen LogP) is 4.29. The Labute approximate surface area is 124 Å². The van der Waals surface area contributed by atoms with Gasteiger partial charge < -0.3 is 0 Å². The smallest absolute Gasteiger partial charge is 0.146 e. The lowest BCUT2D eigenvalue weighted by Crippen LogP contribution is -2.01. The van der Waals surface area contributed by atoms with E-state index in [0.29, 0.717) is 17.4 Å². The average Bonchev–Trinajstić information content (AvgIpc) is 2.29. The van der Waals surface area contributed by atoms with Gasteiger partial charge in [-0.15, -0.1) is 0 Å². The summed E-state index contributed by atoms with van der Waals surface area (Å²) in [6.07, 6.45) is 0.594. The second-order valence-corrected chi connectivity index (χ2v) is 5.44. The molecular formula is C12H9Cl2IN2. The first-order valence-electron chi connectivity index (χ1n) is 5.00. The molecule has 0 bridgehead atoms. The van der Waals surface area contributed by atoms with Gasteiger partial charge in [0, 0.05) is 11.4 Å². The molecule has 0 atom stereocenters. The third-order valence-corrected chi connectivity index (χ3v) is 4.58. The largest absolute Gasteiger partial charge is 0.237 e. The van der Waals surface area contributed by atoms with Gasteiger partial charge in [0.2, 0.25) is 0 Å². The monoisotopic (exact) mass is 378 g/mol. The Balaban J connectivity index is 2.34. The Hall–Kier alpha value is -0.390. The maximum absolute atomic E-state index is 6.09. The number of hydrogen-bond donors (Lipinski definition) is 0. The second kappa shape index (κ2) is 5.50. The molecule has 0 saturated carbocycles. The molecule has 1 aromatic heterocycles. The van der Waals surface area contributed by atoms with E-state index in [4.69, 9.17) is 23.2 Å². The summed E-state index contributed by atoms with van der Waals surface area (Å²) < 4.78 is 0.896.